The molecule has 2 aromatic rings. The van der Waals surface area contributed by atoms with Crippen LogP contribution in [0.1, 0.15) is 12.8 Å². The zero-order valence-electron chi connectivity index (χ0n) is 17.1. The monoisotopic (exact) mass is 460 g/mol. The average molecular weight is 461 g/mol. The number of carbonyl (C=O) groups is 1. The summed E-state index contributed by atoms with van der Waals surface area (Å²) in [6.07, 6.45) is -0.723. The van der Waals surface area contributed by atoms with Gasteiger partial charge in [0, 0.05) is 9.79 Å². The number of hydrogen-bond donors (Lipinski definition) is 3. The molecule has 2 aliphatic carbocycles. The summed E-state index contributed by atoms with van der Waals surface area (Å²) in [6.45, 7) is 0. The van der Waals surface area contributed by atoms with Crippen LogP contribution in [0.2, 0.25) is 0 Å². The van der Waals surface area contributed by atoms with Crippen molar-refractivity contribution in [1.29, 1.82) is 0 Å². The van der Waals surface area contributed by atoms with Gasteiger partial charge in [0.2, 0.25) is 0 Å². The molecule has 1 fully saturated rings. The van der Waals surface area contributed by atoms with Crippen LogP contribution in [0, 0.1) is 0 Å². The fourth-order valence-electron chi connectivity index (χ4n) is 4.04. The van der Waals surface area contributed by atoms with Gasteiger partial charge in [0.05, 0.1) is 25.2 Å². The number of Topliss-reactive ketones (excluding diaryl/α,β-unsaturated/α-hetero) is 1. The number of allylic oxidation sites excluding steroid dienone is 1. The third-order valence-electron chi connectivity index (χ3n) is 5.79. The highest BCUT2D eigenvalue weighted by Crippen LogP contribution is 2.54. The van der Waals surface area contributed by atoms with Crippen LogP contribution in [0.15, 0.2) is 69.3 Å². The molecule has 3 N–H and O–H groups in total. The summed E-state index contributed by atoms with van der Waals surface area (Å²) < 4.78 is 8.75. The maximum absolute atomic E-state index is 13.7. The second kappa shape index (κ2) is 8.52. The fraction of sp³-hybridized carbons (Fsp3) is 0.348. The zero-order chi connectivity index (χ0) is 22.2. The standard InChI is InChI=1S/C23H24O6S2/c1-28-14-3-7-16(8-4-14)30-18-13-22(27)12-11-19(24)23(20(18)25,21(22)26)31-17-9-5-15(29-2)6-10-17/h3-10,13,19,21,24,26-27H,11-12H2,1-2H3/t19-,21+,22+,23-/m1/s1. The van der Waals surface area contributed by atoms with Gasteiger partial charge < -0.3 is 24.8 Å². The molecule has 1 saturated carbocycles. The first-order chi connectivity index (χ1) is 14.8. The Labute approximate surface area is 189 Å². The number of hydrogen-bond acceptors (Lipinski definition) is 8. The highest BCUT2D eigenvalue weighted by atomic mass is 32.2. The Morgan fingerprint density at radius 3 is 2.03 bits per heavy atom. The Morgan fingerprint density at radius 1 is 0.935 bits per heavy atom. The summed E-state index contributed by atoms with van der Waals surface area (Å²) in [4.78, 5) is 15.5. The molecule has 0 aromatic heterocycles. The van der Waals surface area contributed by atoms with Crippen LogP contribution in [0.3, 0.4) is 0 Å². The van der Waals surface area contributed by atoms with Crippen molar-refractivity contribution in [3.8, 4) is 11.5 Å². The minimum absolute atomic E-state index is 0.167. The summed E-state index contributed by atoms with van der Waals surface area (Å²) in [5.74, 6) is 0.966. The van der Waals surface area contributed by atoms with Gasteiger partial charge in [-0.15, -0.1) is 11.8 Å². The van der Waals surface area contributed by atoms with Gasteiger partial charge in [0.1, 0.15) is 28.0 Å². The van der Waals surface area contributed by atoms with Crippen molar-refractivity contribution in [1.82, 2.24) is 0 Å². The lowest BCUT2D eigenvalue weighted by molar-refractivity contribution is -0.149. The van der Waals surface area contributed by atoms with E-state index in [-0.39, 0.29) is 12.8 Å². The highest BCUT2D eigenvalue weighted by molar-refractivity contribution is 8.05. The molecule has 4 atom stereocenters. The van der Waals surface area contributed by atoms with Crippen LogP contribution in [0.4, 0.5) is 0 Å². The molecule has 0 amide bonds. The number of methoxy groups -OCH3 is 2. The molecule has 2 bridgehead atoms. The van der Waals surface area contributed by atoms with E-state index in [1.165, 1.54) is 17.8 Å². The number of rotatable bonds is 6. The van der Waals surface area contributed by atoms with Crippen LogP contribution < -0.4 is 9.47 Å². The van der Waals surface area contributed by atoms with Crippen LogP contribution in [0.5, 0.6) is 11.5 Å². The molecule has 6 nitrogen and oxygen atoms in total. The van der Waals surface area contributed by atoms with Gasteiger partial charge >= 0.3 is 0 Å². The molecular weight excluding hydrogens is 436 g/mol. The minimum Gasteiger partial charge on any atom is -0.497 e. The molecule has 4 rings (SSSR count). The van der Waals surface area contributed by atoms with Crippen molar-refractivity contribution in [2.45, 2.75) is 45.2 Å². The maximum Gasteiger partial charge on any atom is 0.191 e. The first-order valence-electron chi connectivity index (χ1n) is 9.83. The largest absolute Gasteiger partial charge is 0.497 e. The molecule has 0 unspecified atom stereocenters. The summed E-state index contributed by atoms with van der Waals surface area (Å²) in [6, 6.07) is 14.3. The highest BCUT2D eigenvalue weighted by Gasteiger charge is 2.64. The zero-order valence-corrected chi connectivity index (χ0v) is 18.8. The number of thioether (sulfide) groups is 2. The van der Waals surface area contributed by atoms with E-state index >= 15 is 0 Å². The number of fused-ring (bicyclic) bond motifs is 2. The lowest BCUT2D eigenvalue weighted by atomic mass is 9.67. The lowest BCUT2D eigenvalue weighted by Gasteiger charge is -2.52. The van der Waals surface area contributed by atoms with Crippen LogP contribution in [0.25, 0.3) is 0 Å². The van der Waals surface area contributed by atoms with Gasteiger partial charge in [-0.25, -0.2) is 0 Å². The Balaban J connectivity index is 1.71. The van der Waals surface area contributed by atoms with Crippen molar-refractivity contribution in [3.63, 3.8) is 0 Å². The SMILES string of the molecule is COc1ccc(SC2=C[C@@]3(O)CC[C@@H](O)[C@@](Sc4ccc(OC)cc4)(C2=O)[C@H]3O)cc1. The van der Waals surface area contributed by atoms with Crippen LogP contribution >= 0.6 is 23.5 Å². The summed E-state index contributed by atoms with van der Waals surface area (Å²) in [5.41, 5.74) is -1.60. The molecule has 0 spiro atoms. The van der Waals surface area contributed by atoms with Crippen molar-refractivity contribution < 1.29 is 29.6 Å². The smallest absolute Gasteiger partial charge is 0.191 e. The number of aliphatic hydroxyl groups is 3. The maximum atomic E-state index is 13.7. The molecule has 0 heterocycles. The quantitative estimate of drug-likeness (QED) is 0.605. The van der Waals surface area contributed by atoms with Gasteiger partial charge in [0.25, 0.3) is 0 Å². The van der Waals surface area contributed by atoms with E-state index in [1.54, 1.807) is 50.6 Å². The fourth-order valence-corrected chi connectivity index (χ4v) is 6.59. The van der Waals surface area contributed by atoms with Crippen LogP contribution in [-0.4, -0.2) is 57.9 Å². The molecule has 8 heteroatoms. The number of benzene rings is 2. The van der Waals surface area contributed by atoms with Gasteiger partial charge in [-0.3, -0.25) is 4.79 Å². The van der Waals surface area contributed by atoms with Gasteiger partial charge in [0.15, 0.2) is 5.78 Å². The molecule has 31 heavy (non-hydrogen) atoms. The van der Waals surface area contributed by atoms with Crippen LogP contribution in [-0.2, 0) is 4.79 Å². The van der Waals surface area contributed by atoms with Crippen molar-refractivity contribution in [2.24, 2.45) is 0 Å². The third kappa shape index (κ3) is 3.87. The van der Waals surface area contributed by atoms with Crippen molar-refractivity contribution in [2.75, 3.05) is 14.2 Å². The number of ketones is 1. The van der Waals surface area contributed by atoms with E-state index in [9.17, 15) is 20.1 Å². The van der Waals surface area contributed by atoms with Gasteiger partial charge in [-0.2, -0.15) is 0 Å². The Morgan fingerprint density at radius 2 is 1.48 bits per heavy atom. The molecule has 164 valence electrons. The Bertz CT molecular complexity index is 990. The van der Waals surface area contributed by atoms with E-state index in [2.05, 4.69) is 0 Å². The first-order valence-corrected chi connectivity index (χ1v) is 11.5. The molecular formula is C23H24O6S2. The molecule has 2 aliphatic rings. The van der Waals surface area contributed by atoms with E-state index < -0.39 is 28.3 Å². The van der Waals surface area contributed by atoms with E-state index in [0.717, 1.165) is 16.7 Å². The summed E-state index contributed by atoms with van der Waals surface area (Å²) in [5, 5.41) is 33.3. The number of ether oxygens (including phenoxy) is 2. The molecule has 0 aliphatic heterocycles. The Hall–Kier alpha value is -1.97. The number of carbonyl (C=O) groups excluding carboxylic acids is 1. The first kappa shape index (κ1) is 22.2. The van der Waals surface area contributed by atoms with E-state index in [1.807, 2.05) is 12.1 Å². The summed E-state index contributed by atoms with van der Waals surface area (Å²) >= 11 is 2.30. The van der Waals surface area contributed by atoms with E-state index in [4.69, 9.17) is 9.47 Å². The van der Waals surface area contributed by atoms with E-state index in [0.29, 0.717) is 21.3 Å². The van der Waals surface area contributed by atoms with Gasteiger partial charge in [-0.05, 0) is 67.4 Å². The average Bonchev–Trinajstić information content (AvgIpc) is 2.79. The Kier molecular flexibility index (Phi) is 6.11. The predicted molar refractivity (Wildman–Crippen MR) is 120 cm³/mol. The normalized spacial score (nSPS) is 30.0. The second-order valence-corrected chi connectivity index (χ2v) is 10.1. The lowest BCUT2D eigenvalue weighted by Crippen LogP contribution is -2.69. The third-order valence-corrected chi connectivity index (χ3v) is 8.34. The summed E-state index contributed by atoms with van der Waals surface area (Å²) in [7, 11) is 3.14. The minimum atomic E-state index is -1.61. The van der Waals surface area contributed by atoms with Crippen molar-refractivity contribution >= 4 is 29.3 Å². The second-order valence-electron chi connectivity index (χ2n) is 7.63. The predicted octanol–water partition coefficient (Wildman–Crippen LogP) is 3.04. The molecule has 0 radical (unpaired) electrons. The van der Waals surface area contributed by atoms with Crippen molar-refractivity contribution in [3.05, 3.63) is 59.5 Å². The molecule has 2 aromatic carbocycles. The topological polar surface area (TPSA) is 96.2 Å². The number of aliphatic hydroxyl groups excluding tert-OH is 2. The molecule has 0 saturated heterocycles. The van der Waals surface area contributed by atoms with Gasteiger partial charge in [-0.1, -0.05) is 11.8 Å².